The fourth-order valence-corrected chi connectivity index (χ4v) is 3.72. The number of imidazole rings is 1. The molecule has 0 radical (unpaired) electrons. The summed E-state index contributed by atoms with van der Waals surface area (Å²) in [6.45, 7) is 4.70. The number of piperazine rings is 1. The molecule has 1 amide bonds. The van der Waals surface area contributed by atoms with Crippen LogP contribution in [0.4, 0.5) is 0 Å². The molecular formula is C17H28N4O2. The average Bonchev–Trinajstić information content (AvgIpc) is 3.00. The fraction of sp³-hybridized carbons (Fsp3) is 0.765. The van der Waals surface area contributed by atoms with E-state index in [1.807, 2.05) is 22.7 Å². The third kappa shape index (κ3) is 3.75. The minimum Gasteiger partial charge on any atom is -0.368 e. The van der Waals surface area contributed by atoms with Crippen molar-refractivity contribution in [2.45, 2.75) is 44.8 Å². The number of carbonyl (C=O) groups excluding carboxylic acids is 1. The lowest BCUT2D eigenvalue weighted by Gasteiger charge is -2.36. The number of hydrogen-bond acceptors (Lipinski definition) is 4. The van der Waals surface area contributed by atoms with Gasteiger partial charge in [-0.2, -0.15) is 0 Å². The fourth-order valence-electron chi connectivity index (χ4n) is 3.72. The van der Waals surface area contributed by atoms with E-state index in [1.54, 1.807) is 6.20 Å². The Bertz CT molecular complexity index is 530. The highest BCUT2D eigenvalue weighted by Crippen LogP contribution is 2.27. The Kier molecular flexibility index (Phi) is 5.33. The molecule has 1 saturated carbocycles. The molecule has 1 aliphatic carbocycles. The van der Waals surface area contributed by atoms with Gasteiger partial charge in [-0.25, -0.2) is 4.98 Å². The average molecular weight is 320 g/mol. The van der Waals surface area contributed by atoms with Gasteiger partial charge in [-0.05, 0) is 18.8 Å². The highest BCUT2D eigenvalue weighted by Gasteiger charge is 2.31. The van der Waals surface area contributed by atoms with Crippen LogP contribution in [0.3, 0.4) is 0 Å². The van der Waals surface area contributed by atoms with Crippen molar-refractivity contribution in [1.82, 2.24) is 19.8 Å². The van der Waals surface area contributed by atoms with Crippen molar-refractivity contribution >= 4 is 5.91 Å². The standard InChI is InChI=1S/C17H28N4O2/c1-13-5-3-4-6-15(13)23-12-16(22)21-10-7-18-11-14(21)17-19-8-9-20(17)2/h8-9,13-15,18H,3-7,10-12H2,1-2H3. The molecule has 1 saturated heterocycles. The first-order valence-corrected chi connectivity index (χ1v) is 8.76. The van der Waals surface area contributed by atoms with Gasteiger partial charge in [0, 0.05) is 39.1 Å². The molecule has 0 aromatic carbocycles. The highest BCUT2D eigenvalue weighted by atomic mass is 16.5. The molecular weight excluding hydrogens is 292 g/mol. The second-order valence-corrected chi connectivity index (χ2v) is 6.81. The molecule has 3 unspecified atom stereocenters. The summed E-state index contributed by atoms with van der Waals surface area (Å²) in [4.78, 5) is 19.0. The lowest BCUT2D eigenvalue weighted by molar-refractivity contribution is -0.143. The number of hydrogen-bond donors (Lipinski definition) is 1. The van der Waals surface area contributed by atoms with Crippen molar-refractivity contribution in [3.8, 4) is 0 Å². The van der Waals surface area contributed by atoms with Crippen LogP contribution in [0.1, 0.15) is 44.5 Å². The molecule has 1 N–H and O–H groups in total. The summed E-state index contributed by atoms with van der Waals surface area (Å²) in [6.07, 6.45) is 8.74. The molecule has 3 rings (SSSR count). The molecule has 1 aromatic heterocycles. The minimum absolute atomic E-state index is 0.0105. The first-order chi connectivity index (χ1) is 11.2. The third-order valence-corrected chi connectivity index (χ3v) is 5.17. The van der Waals surface area contributed by atoms with E-state index in [2.05, 4.69) is 17.2 Å². The lowest BCUT2D eigenvalue weighted by atomic mass is 9.88. The van der Waals surface area contributed by atoms with Crippen LogP contribution in [-0.4, -0.2) is 52.7 Å². The van der Waals surface area contributed by atoms with Crippen LogP contribution in [-0.2, 0) is 16.6 Å². The summed E-state index contributed by atoms with van der Waals surface area (Å²) < 4.78 is 7.96. The maximum Gasteiger partial charge on any atom is 0.249 e. The molecule has 2 heterocycles. The van der Waals surface area contributed by atoms with Crippen LogP contribution in [0.2, 0.25) is 0 Å². The number of aryl methyl sites for hydroxylation is 1. The van der Waals surface area contributed by atoms with Gasteiger partial charge in [0.2, 0.25) is 5.91 Å². The monoisotopic (exact) mass is 320 g/mol. The summed E-state index contributed by atoms with van der Waals surface area (Å²) in [7, 11) is 1.97. The Morgan fingerprint density at radius 1 is 1.43 bits per heavy atom. The molecule has 128 valence electrons. The van der Waals surface area contributed by atoms with E-state index in [9.17, 15) is 4.79 Å². The van der Waals surface area contributed by atoms with E-state index in [4.69, 9.17) is 4.74 Å². The highest BCUT2D eigenvalue weighted by molar-refractivity contribution is 5.78. The third-order valence-electron chi connectivity index (χ3n) is 5.17. The minimum atomic E-state index is -0.0105. The lowest BCUT2D eigenvalue weighted by Crippen LogP contribution is -2.50. The number of aromatic nitrogens is 2. The summed E-state index contributed by atoms with van der Waals surface area (Å²) in [6, 6.07) is -0.0105. The van der Waals surface area contributed by atoms with Gasteiger partial charge in [0.15, 0.2) is 0 Å². The first-order valence-electron chi connectivity index (χ1n) is 8.76. The van der Waals surface area contributed by atoms with Crippen LogP contribution in [0.5, 0.6) is 0 Å². The van der Waals surface area contributed by atoms with Gasteiger partial charge in [-0.15, -0.1) is 0 Å². The summed E-state index contributed by atoms with van der Waals surface area (Å²) in [5.41, 5.74) is 0. The van der Waals surface area contributed by atoms with E-state index in [0.29, 0.717) is 12.5 Å². The van der Waals surface area contributed by atoms with Crippen molar-refractivity contribution in [1.29, 1.82) is 0 Å². The van der Waals surface area contributed by atoms with Crippen LogP contribution in [0.15, 0.2) is 12.4 Å². The normalized spacial score (nSPS) is 28.8. The van der Waals surface area contributed by atoms with Gasteiger partial charge in [-0.1, -0.05) is 19.8 Å². The zero-order valence-electron chi connectivity index (χ0n) is 14.2. The SMILES string of the molecule is CC1CCCCC1OCC(=O)N1CCNCC1c1nccn1C. The van der Waals surface area contributed by atoms with E-state index in [-0.39, 0.29) is 24.7 Å². The molecule has 2 aliphatic rings. The Morgan fingerprint density at radius 2 is 2.26 bits per heavy atom. The topological polar surface area (TPSA) is 59.4 Å². The van der Waals surface area contributed by atoms with Gasteiger partial charge in [-0.3, -0.25) is 4.79 Å². The Morgan fingerprint density at radius 3 is 3.00 bits per heavy atom. The van der Waals surface area contributed by atoms with E-state index < -0.39 is 0 Å². The first kappa shape index (κ1) is 16.5. The predicted molar refractivity (Wildman–Crippen MR) is 87.9 cm³/mol. The number of rotatable bonds is 4. The number of nitrogens with one attached hydrogen (secondary N) is 1. The molecule has 6 heteroatoms. The number of nitrogens with zero attached hydrogens (tertiary/aromatic N) is 3. The molecule has 1 aromatic rings. The second kappa shape index (κ2) is 7.45. The van der Waals surface area contributed by atoms with Gasteiger partial charge >= 0.3 is 0 Å². The molecule has 0 spiro atoms. The van der Waals surface area contributed by atoms with Crippen LogP contribution in [0.25, 0.3) is 0 Å². The number of amides is 1. The summed E-state index contributed by atoms with van der Waals surface area (Å²) >= 11 is 0. The summed E-state index contributed by atoms with van der Waals surface area (Å²) in [5, 5.41) is 3.36. The van der Waals surface area contributed by atoms with Crippen LogP contribution in [0, 0.1) is 5.92 Å². The Balaban J connectivity index is 1.61. The van der Waals surface area contributed by atoms with Gasteiger partial charge in [0.1, 0.15) is 18.5 Å². The van der Waals surface area contributed by atoms with Crippen molar-refractivity contribution in [3.63, 3.8) is 0 Å². The van der Waals surface area contributed by atoms with Gasteiger partial charge in [0.05, 0.1) is 6.10 Å². The zero-order chi connectivity index (χ0) is 16.2. The molecule has 6 nitrogen and oxygen atoms in total. The van der Waals surface area contributed by atoms with Crippen LogP contribution >= 0.6 is 0 Å². The van der Waals surface area contributed by atoms with Crippen LogP contribution < -0.4 is 5.32 Å². The summed E-state index contributed by atoms with van der Waals surface area (Å²) in [5.74, 6) is 1.57. The number of ether oxygens (including phenoxy) is 1. The molecule has 23 heavy (non-hydrogen) atoms. The molecule has 1 aliphatic heterocycles. The van der Waals surface area contributed by atoms with E-state index >= 15 is 0 Å². The zero-order valence-corrected chi connectivity index (χ0v) is 14.2. The Hall–Kier alpha value is -1.40. The maximum atomic E-state index is 12.7. The maximum absolute atomic E-state index is 12.7. The molecule has 2 fully saturated rings. The second-order valence-electron chi connectivity index (χ2n) is 6.81. The Labute approximate surface area is 138 Å². The van der Waals surface area contributed by atoms with Gasteiger partial charge in [0.25, 0.3) is 0 Å². The molecule has 0 bridgehead atoms. The smallest absolute Gasteiger partial charge is 0.249 e. The van der Waals surface area contributed by atoms with Gasteiger partial charge < -0.3 is 19.5 Å². The molecule has 3 atom stereocenters. The van der Waals surface area contributed by atoms with Crippen molar-refractivity contribution in [3.05, 3.63) is 18.2 Å². The van der Waals surface area contributed by atoms with E-state index in [0.717, 1.165) is 25.3 Å². The van der Waals surface area contributed by atoms with Crippen molar-refractivity contribution in [2.24, 2.45) is 13.0 Å². The largest absolute Gasteiger partial charge is 0.368 e. The predicted octanol–water partition coefficient (Wildman–Crippen LogP) is 1.49. The van der Waals surface area contributed by atoms with Crippen molar-refractivity contribution in [2.75, 3.05) is 26.2 Å². The quantitative estimate of drug-likeness (QED) is 0.913. The number of carbonyl (C=O) groups is 1. The van der Waals surface area contributed by atoms with Crippen molar-refractivity contribution < 1.29 is 9.53 Å². The van der Waals surface area contributed by atoms with E-state index in [1.165, 1.54) is 19.3 Å².